The number of nitrogens with zero attached hydrogens (tertiary/aromatic N) is 3. The molecule has 0 bridgehead atoms. The number of rotatable bonds is 5. The average Bonchev–Trinajstić information content (AvgIpc) is 2.85. The summed E-state index contributed by atoms with van der Waals surface area (Å²) in [7, 11) is 1.76. The van der Waals surface area contributed by atoms with Crippen LogP contribution >= 0.6 is 11.6 Å². The zero-order valence-electron chi connectivity index (χ0n) is 11.3. The lowest BCUT2D eigenvalue weighted by Gasteiger charge is -2.04. The number of halogens is 1. The fraction of sp³-hybridized carbons (Fsp3) is 0.154. The predicted octanol–water partition coefficient (Wildman–Crippen LogP) is 1.35. The maximum atomic E-state index is 11.6. The lowest BCUT2D eigenvalue weighted by Crippen LogP contribution is -2.19. The second-order valence-corrected chi connectivity index (χ2v) is 4.65. The molecule has 0 aliphatic carbocycles. The maximum Gasteiger partial charge on any atom is 0.265 e. The van der Waals surface area contributed by atoms with Gasteiger partial charge in [0.15, 0.2) is 12.4 Å². The van der Waals surface area contributed by atoms with Crippen LogP contribution in [0.1, 0.15) is 5.56 Å². The number of carbonyl (C=O) groups is 1. The van der Waals surface area contributed by atoms with E-state index in [-0.39, 0.29) is 18.3 Å². The Morgan fingerprint density at radius 1 is 1.57 bits per heavy atom. The number of anilines is 1. The Bertz CT molecular complexity index is 668. The predicted molar refractivity (Wildman–Crippen MR) is 80.0 cm³/mol. The summed E-state index contributed by atoms with van der Waals surface area (Å²) in [5, 5.41) is 10.8. The molecule has 1 amide bonds. The van der Waals surface area contributed by atoms with Gasteiger partial charge in [-0.3, -0.25) is 9.48 Å². The van der Waals surface area contributed by atoms with Crippen LogP contribution < -0.4 is 11.1 Å². The van der Waals surface area contributed by atoms with Gasteiger partial charge in [-0.1, -0.05) is 22.8 Å². The van der Waals surface area contributed by atoms with Crippen LogP contribution in [-0.4, -0.2) is 28.1 Å². The van der Waals surface area contributed by atoms with Crippen LogP contribution in [0.5, 0.6) is 0 Å². The van der Waals surface area contributed by atoms with Gasteiger partial charge in [0.1, 0.15) is 0 Å². The molecule has 0 aliphatic rings. The van der Waals surface area contributed by atoms with Crippen molar-refractivity contribution in [3.05, 3.63) is 47.2 Å². The van der Waals surface area contributed by atoms with E-state index < -0.39 is 0 Å². The van der Waals surface area contributed by atoms with E-state index in [0.717, 1.165) is 0 Å². The van der Waals surface area contributed by atoms with Crippen molar-refractivity contribution in [2.24, 2.45) is 17.9 Å². The molecule has 0 radical (unpaired) electrons. The van der Waals surface area contributed by atoms with E-state index in [1.165, 1.54) is 0 Å². The first-order valence-electron chi connectivity index (χ1n) is 6.04. The van der Waals surface area contributed by atoms with E-state index in [1.807, 2.05) is 0 Å². The average molecular weight is 308 g/mol. The number of amides is 1. The molecule has 1 aromatic carbocycles. The molecule has 21 heavy (non-hydrogen) atoms. The Hall–Kier alpha value is -2.54. The number of benzene rings is 1. The standard InChI is InChI=1S/C13H14ClN5O2/c1-19-7-9(6-16-19)13(15)18-21-8-12(20)17-11-4-2-3-10(14)5-11/h2-7H,8H2,1H3,(H2,15,18)(H,17,20). The van der Waals surface area contributed by atoms with Gasteiger partial charge in [0.25, 0.3) is 5.91 Å². The highest BCUT2D eigenvalue weighted by atomic mass is 35.5. The minimum Gasteiger partial charge on any atom is -0.384 e. The molecular weight excluding hydrogens is 294 g/mol. The Labute approximate surface area is 126 Å². The van der Waals surface area contributed by atoms with Gasteiger partial charge in [-0.15, -0.1) is 0 Å². The van der Waals surface area contributed by atoms with Gasteiger partial charge >= 0.3 is 0 Å². The van der Waals surface area contributed by atoms with Crippen LogP contribution in [-0.2, 0) is 16.7 Å². The van der Waals surface area contributed by atoms with Crippen LogP contribution in [0.25, 0.3) is 0 Å². The van der Waals surface area contributed by atoms with E-state index in [2.05, 4.69) is 15.6 Å². The molecule has 3 N–H and O–H groups in total. The topological polar surface area (TPSA) is 94.5 Å². The van der Waals surface area contributed by atoms with E-state index in [1.54, 1.807) is 48.4 Å². The lowest BCUT2D eigenvalue weighted by atomic mass is 10.3. The van der Waals surface area contributed by atoms with Crippen molar-refractivity contribution < 1.29 is 9.63 Å². The first-order valence-corrected chi connectivity index (χ1v) is 6.42. The summed E-state index contributed by atoms with van der Waals surface area (Å²) >= 11 is 5.82. The Kier molecular flexibility index (Phi) is 4.78. The second kappa shape index (κ2) is 6.76. The number of nitrogens with two attached hydrogens (primary N) is 1. The molecular formula is C13H14ClN5O2. The molecule has 8 heteroatoms. The highest BCUT2D eigenvalue weighted by Gasteiger charge is 2.05. The largest absolute Gasteiger partial charge is 0.384 e. The summed E-state index contributed by atoms with van der Waals surface area (Å²) in [4.78, 5) is 16.5. The molecule has 2 rings (SSSR count). The minimum atomic E-state index is -0.361. The number of aromatic nitrogens is 2. The van der Waals surface area contributed by atoms with Crippen molar-refractivity contribution in [3.8, 4) is 0 Å². The molecule has 1 heterocycles. The third-order valence-corrected chi connectivity index (χ3v) is 2.70. The van der Waals surface area contributed by atoms with Gasteiger partial charge in [-0.2, -0.15) is 5.10 Å². The molecule has 0 saturated heterocycles. The second-order valence-electron chi connectivity index (χ2n) is 4.21. The smallest absolute Gasteiger partial charge is 0.265 e. The van der Waals surface area contributed by atoms with Crippen molar-refractivity contribution >= 4 is 29.0 Å². The van der Waals surface area contributed by atoms with Crippen molar-refractivity contribution in [2.45, 2.75) is 0 Å². The number of aryl methyl sites for hydroxylation is 1. The summed E-state index contributed by atoms with van der Waals surface area (Å²) in [6.45, 7) is -0.256. The van der Waals surface area contributed by atoms with Crippen LogP contribution in [0.4, 0.5) is 5.69 Å². The monoisotopic (exact) mass is 307 g/mol. The molecule has 0 atom stereocenters. The molecule has 0 unspecified atom stereocenters. The molecule has 7 nitrogen and oxygen atoms in total. The number of oxime groups is 1. The van der Waals surface area contributed by atoms with Crippen molar-refractivity contribution in [3.63, 3.8) is 0 Å². The number of hydrogen-bond donors (Lipinski definition) is 2. The number of hydrogen-bond acceptors (Lipinski definition) is 4. The fourth-order valence-electron chi connectivity index (χ4n) is 1.53. The van der Waals surface area contributed by atoms with E-state index in [4.69, 9.17) is 22.2 Å². The van der Waals surface area contributed by atoms with Gasteiger partial charge < -0.3 is 15.9 Å². The van der Waals surface area contributed by atoms with Gasteiger partial charge in [0.05, 0.1) is 11.8 Å². The van der Waals surface area contributed by atoms with Crippen LogP contribution in [0.2, 0.25) is 5.02 Å². The minimum absolute atomic E-state index is 0.152. The van der Waals surface area contributed by atoms with Gasteiger partial charge in [0, 0.05) is 24.0 Å². The zero-order valence-corrected chi connectivity index (χ0v) is 12.0. The van der Waals surface area contributed by atoms with E-state index >= 15 is 0 Å². The summed E-state index contributed by atoms with van der Waals surface area (Å²) in [6.07, 6.45) is 3.24. The molecule has 2 aromatic rings. The molecule has 110 valence electrons. The summed E-state index contributed by atoms with van der Waals surface area (Å²) in [6, 6.07) is 6.80. The number of carbonyl (C=O) groups excluding carboxylic acids is 1. The van der Waals surface area contributed by atoms with Gasteiger partial charge in [-0.25, -0.2) is 0 Å². The third-order valence-electron chi connectivity index (χ3n) is 2.47. The Morgan fingerprint density at radius 2 is 2.38 bits per heavy atom. The quantitative estimate of drug-likeness (QED) is 0.495. The highest BCUT2D eigenvalue weighted by Crippen LogP contribution is 2.14. The molecule has 0 saturated carbocycles. The van der Waals surface area contributed by atoms with Gasteiger partial charge in [-0.05, 0) is 18.2 Å². The molecule has 0 spiro atoms. The first-order chi connectivity index (χ1) is 10.0. The number of nitrogens with one attached hydrogen (secondary N) is 1. The molecule has 1 aromatic heterocycles. The Morgan fingerprint density at radius 3 is 3.05 bits per heavy atom. The normalized spacial score (nSPS) is 11.2. The van der Waals surface area contributed by atoms with Gasteiger partial charge in [0.2, 0.25) is 0 Å². The summed E-state index contributed by atoms with van der Waals surface area (Å²) in [5.41, 5.74) is 6.89. The van der Waals surface area contributed by atoms with Crippen molar-refractivity contribution in [1.82, 2.24) is 9.78 Å². The summed E-state index contributed by atoms with van der Waals surface area (Å²) < 4.78 is 1.59. The zero-order chi connectivity index (χ0) is 15.2. The van der Waals surface area contributed by atoms with E-state index in [0.29, 0.717) is 16.3 Å². The van der Waals surface area contributed by atoms with Crippen LogP contribution in [0.3, 0.4) is 0 Å². The fourth-order valence-corrected chi connectivity index (χ4v) is 1.72. The highest BCUT2D eigenvalue weighted by molar-refractivity contribution is 6.30. The SMILES string of the molecule is Cn1cc(/C(N)=N/OCC(=O)Nc2cccc(Cl)c2)cn1. The molecule has 0 aliphatic heterocycles. The maximum absolute atomic E-state index is 11.6. The van der Waals surface area contributed by atoms with Crippen LogP contribution in [0.15, 0.2) is 41.8 Å². The first kappa shape index (κ1) is 14.9. The van der Waals surface area contributed by atoms with Crippen molar-refractivity contribution in [1.29, 1.82) is 0 Å². The lowest BCUT2D eigenvalue weighted by molar-refractivity contribution is -0.120. The molecule has 0 fully saturated rings. The number of amidine groups is 1. The van der Waals surface area contributed by atoms with Crippen LogP contribution in [0, 0.1) is 0 Å². The Balaban J connectivity index is 1.84. The third kappa shape index (κ3) is 4.50. The van der Waals surface area contributed by atoms with E-state index in [9.17, 15) is 4.79 Å². The van der Waals surface area contributed by atoms with Crippen molar-refractivity contribution in [2.75, 3.05) is 11.9 Å². The summed E-state index contributed by atoms with van der Waals surface area (Å²) in [5.74, 6) is -0.210.